The molecule has 0 saturated heterocycles. The van der Waals surface area contributed by atoms with Crippen LogP contribution in [0.5, 0.6) is 0 Å². The third-order valence-electron chi connectivity index (χ3n) is 3.90. The lowest BCUT2D eigenvalue weighted by Gasteiger charge is -2.04. The van der Waals surface area contributed by atoms with Gasteiger partial charge in [-0.25, -0.2) is 4.98 Å². The molecule has 126 valence electrons. The van der Waals surface area contributed by atoms with E-state index in [-0.39, 0.29) is 11.7 Å². The molecule has 0 spiro atoms. The number of anilines is 1. The number of benzene rings is 2. The Bertz CT molecular complexity index is 896. The smallest absolute Gasteiger partial charge is 0.275 e. The first-order valence-electron chi connectivity index (χ1n) is 8.04. The third kappa shape index (κ3) is 4.00. The van der Waals surface area contributed by atoms with Crippen LogP contribution in [-0.4, -0.2) is 16.7 Å². The van der Waals surface area contributed by atoms with E-state index in [9.17, 15) is 9.59 Å². The summed E-state index contributed by atoms with van der Waals surface area (Å²) in [5.41, 5.74) is 3.91. The SMILES string of the molecule is CCc1ccc(-c2nc(C(=O)Nc3ccc(C(C)=O)cc3)cs2)cc1. The van der Waals surface area contributed by atoms with Gasteiger partial charge >= 0.3 is 0 Å². The number of carbonyl (C=O) groups is 2. The lowest BCUT2D eigenvalue weighted by Crippen LogP contribution is -2.12. The van der Waals surface area contributed by atoms with E-state index in [1.807, 2.05) is 12.1 Å². The van der Waals surface area contributed by atoms with E-state index >= 15 is 0 Å². The monoisotopic (exact) mass is 350 g/mol. The summed E-state index contributed by atoms with van der Waals surface area (Å²) in [5.74, 6) is -0.264. The Morgan fingerprint density at radius 1 is 1.04 bits per heavy atom. The molecule has 0 bridgehead atoms. The first-order valence-corrected chi connectivity index (χ1v) is 8.92. The molecule has 0 fully saturated rings. The van der Waals surface area contributed by atoms with Gasteiger partial charge < -0.3 is 5.32 Å². The first-order chi connectivity index (χ1) is 12.1. The molecule has 0 atom stereocenters. The van der Waals surface area contributed by atoms with E-state index in [1.165, 1.54) is 23.8 Å². The van der Waals surface area contributed by atoms with Crippen molar-refractivity contribution in [3.05, 3.63) is 70.7 Å². The van der Waals surface area contributed by atoms with Crippen molar-refractivity contribution in [2.75, 3.05) is 5.32 Å². The van der Waals surface area contributed by atoms with Crippen molar-refractivity contribution in [1.29, 1.82) is 0 Å². The second kappa shape index (κ2) is 7.40. The van der Waals surface area contributed by atoms with Crippen LogP contribution < -0.4 is 5.32 Å². The molecule has 1 aromatic heterocycles. The summed E-state index contributed by atoms with van der Waals surface area (Å²) >= 11 is 1.44. The van der Waals surface area contributed by atoms with Gasteiger partial charge in [0.25, 0.3) is 5.91 Å². The summed E-state index contributed by atoms with van der Waals surface area (Å²) in [5, 5.41) is 5.37. The van der Waals surface area contributed by atoms with Crippen LogP contribution in [0.15, 0.2) is 53.9 Å². The number of nitrogens with one attached hydrogen (secondary N) is 1. The van der Waals surface area contributed by atoms with Crippen molar-refractivity contribution in [3.63, 3.8) is 0 Å². The molecule has 0 unspecified atom stereocenters. The van der Waals surface area contributed by atoms with Crippen LogP contribution in [-0.2, 0) is 6.42 Å². The fourth-order valence-electron chi connectivity index (χ4n) is 2.38. The van der Waals surface area contributed by atoms with E-state index in [0.29, 0.717) is 16.9 Å². The molecular formula is C20H18N2O2S. The van der Waals surface area contributed by atoms with Gasteiger partial charge in [0, 0.05) is 22.2 Å². The summed E-state index contributed by atoms with van der Waals surface area (Å²) in [6.07, 6.45) is 0.994. The van der Waals surface area contributed by atoms with Crippen LogP contribution in [0.1, 0.15) is 40.3 Å². The topological polar surface area (TPSA) is 59.1 Å². The molecule has 0 saturated carbocycles. The normalized spacial score (nSPS) is 10.5. The Hall–Kier alpha value is -2.79. The van der Waals surface area contributed by atoms with Gasteiger partial charge in [0.2, 0.25) is 0 Å². The molecule has 0 aliphatic carbocycles. The highest BCUT2D eigenvalue weighted by molar-refractivity contribution is 7.13. The zero-order valence-electron chi connectivity index (χ0n) is 14.1. The molecule has 0 aliphatic heterocycles. The Kier molecular flexibility index (Phi) is 5.05. The van der Waals surface area contributed by atoms with Crippen molar-refractivity contribution >= 4 is 28.7 Å². The number of hydrogen-bond acceptors (Lipinski definition) is 4. The van der Waals surface area contributed by atoms with E-state index in [1.54, 1.807) is 29.6 Å². The summed E-state index contributed by atoms with van der Waals surface area (Å²) < 4.78 is 0. The van der Waals surface area contributed by atoms with Crippen LogP contribution in [0, 0.1) is 0 Å². The average molecular weight is 350 g/mol. The average Bonchev–Trinajstić information content (AvgIpc) is 3.12. The number of Topliss-reactive ketones (excluding diaryl/α,β-unsaturated/α-hetero) is 1. The number of carbonyl (C=O) groups excluding carboxylic acids is 2. The quantitative estimate of drug-likeness (QED) is 0.671. The predicted octanol–water partition coefficient (Wildman–Crippen LogP) is 4.83. The maximum Gasteiger partial charge on any atom is 0.275 e. The molecular weight excluding hydrogens is 332 g/mol. The molecule has 1 N–H and O–H groups in total. The highest BCUT2D eigenvalue weighted by Crippen LogP contribution is 2.24. The van der Waals surface area contributed by atoms with Crippen LogP contribution in [0.2, 0.25) is 0 Å². The Morgan fingerprint density at radius 3 is 2.32 bits per heavy atom. The van der Waals surface area contributed by atoms with Gasteiger partial charge in [-0.15, -0.1) is 11.3 Å². The van der Waals surface area contributed by atoms with Crippen LogP contribution in [0.3, 0.4) is 0 Å². The molecule has 2 aromatic carbocycles. The second-order valence-corrected chi connectivity index (χ2v) is 6.53. The highest BCUT2D eigenvalue weighted by Gasteiger charge is 2.12. The van der Waals surface area contributed by atoms with Crippen molar-refractivity contribution < 1.29 is 9.59 Å². The fourth-order valence-corrected chi connectivity index (χ4v) is 3.18. The molecule has 4 nitrogen and oxygen atoms in total. The third-order valence-corrected chi connectivity index (χ3v) is 4.79. The number of hydrogen-bond donors (Lipinski definition) is 1. The maximum atomic E-state index is 12.3. The molecule has 3 aromatic rings. The van der Waals surface area contributed by atoms with E-state index in [4.69, 9.17) is 0 Å². The first kappa shape index (κ1) is 17.0. The lowest BCUT2D eigenvalue weighted by atomic mass is 10.1. The summed E-state index contributed by atoms with van der Waals surface area (Å²) in [6.45, 7) is 3.63. The molecule has 1 amide bonds. The zero-order valence-corrected chi connectivity index (χ0v) is 14.9. The number of ketones is 1. The Balaban J connectivity index is 1.72. The largest absolute Gasteiger partial charge is 0.321 e. The predicted molar refractivity (Wildman–Crippen MR) is 101 cm³/mol. The van der Waals surface area contributed by atoms with Gasteiger partial charge in [-0.3, -0.25) is 9.59 Å². The fraction of sp³-hybridized carbons (Fsp3) is 0.150. The van der Waals surface area contributed by atoms with Gasteiger partial charge in [0.15, 0.2) is 5.78 Å². The number of rotatable bonds is 5. The second-order valence-electron chi connectivity index (χ2n) is 5.68. The zero-order chi connectivity index (χ0) is 17.8. The number of aromatic nitrogens is 1. The lowest BCUT2D eigenvalue weighted by molar-refractivity contribution is 0.101. The number of thiazole rings is 1. The summed E-state index contributed by atoms with van der Waals surface area (Å²) in [7, 11) is 0. The van der Waals surface area contributed by atoms with Gasteiger partial charge in [-0.2, -0.15) is 0 Å². The van der Waals surface area contributed by atoms with Gasteiger partial charge in [-0.05, 0) is 43.2 Å². The van der Waals surface area contributed by atoms with Crippen molar-refractivity contribution in [2.24, 2.45) is 0 Å². The molecule has 25 heavy (non-hydrogen) atoms. The Labute approximate surface area is 150 Å². The molecule has 1 heterocycles. The van der Waals surface area contributed by atoms with E-state index in [2.05, 4.69) is 29.4 Å². The van der Waals surface area contributed by atoms with E-state index in [0.717, 1.165) is 17.0 Å². The molecule has 0 radical (unpaired) electrons. The van der Waals surface area contributed by atoms with Crippen molar-refractivity contribution in [2.45, 2.75) is 20.3 Å². The number of amides is 1. The van der Waals surface area contributed by atoms with Gasteiger partial charge in [0.1, 0.15) is 10.7 Å². The minimum absolute atomic E-state index is 0.00360. The minimum atomic E-state index is -0.261. The Morgan fingerprint density at radius 2 is 1.72 bits per heavy atom. The van der Waals surface area contributed by atoms with E-state index < -0.39 is 0 Å². The standard InChI is InChI=1S/C20H18N2O2S/c1-3-14-4-6-16(7-5-14)20-22-18(12-25-20)19(24)21-17-10-8-15(9-11-17)13(2)23/h4-12H,3H2,1-2H3,(H,21,24). The van der Waals surface area contributed by atoms with Gasteiger partial charge in [0.05, 0.1) is 0 Å². The summed E-state index contributed by atoms with van der Waals surface area (Å²) in [4.78, 5) is 28.1. The number of nitrogens with zero attached hydrogens (tertiary/aromatic N) is 1. The van der Waals surface area contributed by atoms with Crippen LogP contribution >= 0.6 is 11.3 Å². The maximum absolute atomic E-state index is 12.3. The van der Waals surface area contributed by atoms with Gasteiger partial charge in [-0.1, -0.05) is 31.2 Å². The van der Waals surface area contributed by atoms with Crippen molar-refractivity contribution in [3.8, 4) is 10.6 Å². The number of aryl methyl sites for hydroxylation is 1. The molecule has 5 heteroatoms. The summed E-state index contributed by atoms with van der Waals surface area (Å²) in [6, 6.07) is 15.0. The molecule has 0 aliphatic rings. The van der Waals surface area contributed by atoms with Crippen LogP contribution in [0.4, 0.5) is 5.69 Å². The van der Waals surface area contributed by atoms with Crippen LogP contribution in [0.25, 0.3) is 10.6 Å². The van der Waals surface area contributed by atoms with Crippen molar-refractivity contribution in [1.82, 2.24) is 4.98 Å². The highest BCUT2D eigenvalue weighted by atomic mass is 32.1. The minimum Gasteiger partial charge on any atom is -0.321 e. The molecule has 3 rings (SSSR count).